The highest BCUT2D eigenvalue weighted by atomic mass is 31.2. The number of rotatable bonds is 85. The van der Waals surface area contributed by atoms with Gasteiger partial charge in [-0.15, -0.1) is 0 Å². The van der Waals surface area contributed by atoms with Crippen molar-refractivity contribution in [2.24, 2.45) is 11.8 Å². The average molecular weight is 1540 g/mol. The van der Waals surface area contributed by atoms with Gasteiger partial charge in [-0.25, -0.2) is 9.13 Å². The summed E-state index contributed by atoms with van der Waals surface area (Å²) in [5, 5.41) is 10.7. The lowest BCUT2D eigenvalue weighted by molar-refractivity contribution is -0.161. The second kappa shape index (κ2) is 77.4. The first-order chi connectivity index (χ1) is 50.9. The molecule has 3 N–H and O–H groups in total. The third-order valence-electron chi connectivity index (χ3n) is 20.9. The van der Waals surface area contributed by atoms with Crippen molar-refractivity contribution < 1.29 is 80.2 Å². The second-order valence-electron chi connectivity index (χ2n) is 31.4. The number of phosphoric ester groups is 2. The van der Waals surface area contributed by atoms with Crippen molar-refractivity contribution >= 4 is 39.5 Å². The number of esters is 4. The first-order valence-electron chi connectivity index (χ1n) is 44.6. The predicted octanol–water partition coefficient (Wildman–Crippen LogP) is 26.2. The van der Waals surface area contributed by atoms with Crippen LogP contribution >= 0.6 is 15.6 Å². The fourth-order valence-corrected chi connectivity index (χ4v) is 14.9. The second-order valence-corrected chi connectivity index (χ2v) is 34.3. The standard InChI is InChI=1S/C86H168O17P2/c1-7-11-13-15-17-19-21-23-24-25-26-27-28-29-30-35-39-46-52-58-64-70-85(90)102-81(74-97-84(89)69-63-57-51-45-38-34-32-31-33-36-42-48-54-60-66-78(5)9-3)76-100-104(92,93)98-72-80(87)73-99-105(94,95)101-77-82(75-96-83(88)68-62-56-50-44-37-22-20-18-16-14-12-8-2)103-86(91)71-65-59-53-47-41-40-43-49-55-61-67-79(6)10-4/h78-82,87H,7-77H2,1-6H3,(H,92,93)(H,94,95)/t78?,79?,80-,81-,82-/m1/s1. The van der Waals surface area contributed by atoms with Crippen LogP contribution in [0.3, 0.4) is 0 Å². The summed E-state index contributed by atoms with van der Waals surface area (Å²) in [5.41, 5.74) is 0. The van der Waals surface area contributed by atoms with E-state index in [1.165, 1.54) is 276 Å². The van der Waals surface area contributed by atoms with Crippen LogP contribution in [0.4, 0.5) is 0 Å². The van der Waals surface area contributed by atoms with Gasteiger partial charge in [0.2, 0.25) is 0 Å². The molecule has 17 nitrogen and oxygen atoms in total. The van der Waals surface area contributed by atoms with E-state index in [2.05, 4.69) is 41.5 Å². The molecule has 0 saturated heterocycles. The molecule has 0 amide bonds. The fourth-order valence-electron chi connectivity index (χ4n) is 13.4. The summed E-state index contributed by atoms with van der Waals surface area (Å²) in [6.45, 7) is 9.75. The molecule has 0 bridgehead atoms. The van der Waals surface area contributed by atoms with E-state index in [9.17, 15) is 43.2 Å². The molecule has 7 atom stereocenters. The van der Waals surface area contributed by atoms with Gasteiger partial charge in [-0.05, 0) is 37.5 Å². The van der Waals surface area contributed by atoms with Crippen LogP contribution in [0, 0.1) is 11.8 Å². The largest absolute Gasteiger partial charge is 0.472 e. The van der Waals surface area contributed by atoms with E-state index in [0.29, 0.717) is 25.7 Å². The summed E-state index contributed by atoms with van der Waals surface area (Å²) in [6.07, 6.45) is 69.2. The van der Waals surface area contributed by atoms with Gasteiger partial charge in [0, 0.05) is 25.7 Å². The van der Waals surface area contributed by atoms with Gasteiger partial charge < -0.3 is 33.8 Å². The zero-order valence-electron chi connectivity index (χ0n) is 69.0. The summed E-state index contributed by atoms with van der Waals surface area (Å²) in [6, 6.07) is 0. The normalized spacial score (nSPS) is 14.3. The van der Waals surface area contributed by atoms with E-state index in [-0.39, 0.29) is 25.7 Å². The minimum Gasteiger partial charge on any atom is -0.462 e. The Labute approximate surface area is 645 Å². The van der Waals surface area contributed by atoms with Gasteiger partial charge in [0.25, 0.3) is 0 Å². The Bertz CT molecular complexity index is 2010. The Morgan fingerprint density at radius 3 is 0.676 bits per heavy atom. The van der Waals surface area contributed by atoms with Gasteiger partial charge in [-0.1, -0.05) is 408 Å². The summed E-state index contributed by atoms with van der Waals surface area (Å²) in [7, 11) is -9.93. The molecule has 0 aliphatic rings. The van der Waals surface area contributed by atoms with Gasteiger partial charge >= 0.3 is 39.5 Å². The van der Waals surface area contributed by atoms with Crippen LogP contribution in [0.25, 0.3) is 0 Å². The number of ether oxygens (including phenoxy) is 4. The minimum atomic E-state index is -4.97. The topological polar surface area (TPSA) is 237 Å². The molecule has 4 unspecified atom stereocenters. The molecule has 0 heterocycles. The molecule has 0 fully saturated rings. The minimum absolute atomic E-state index is 0.107. The molecule has 0 aromatic heterocycles. The van der Waals surface area contributed by atoms with E-state index >= 15 is 0 Å². The molecule has 0 saturated carbocycles. The fraction of sp³-hybridized carbons (Fsp3) is 0.953. The smallest absolute Gasteiger partial charge is 0.462 e. The van der Waals surface area contributed by atoms with Gasteiger partial charge in [0.15, 0.2) is 12.2 Å². The van der Waals surface area contributed by atoms with Crippen molar-refractivity contribution in [1.82, 2.24) is 0 Å². The van der Waals surface area contributed by atoms with Crippen LogP contribution in [-0.4, -0.2) is 96.7 Å². The highest BCUT2D eigenvalue weighted by Crippen LogP contribution is 2.45. The molecular weight excluding hydrogens is 1370 g/mol. The average Bonchev–Trinajstić information content (AvgIpc) is 0.921. The van der Waals surface area contributed by atoms with Crippen LogP contribution in [0.15, 0.2) is 0 Å². The third-order valence-corrected chi connectivity index (χ3v) is 22.8. The van der Waals surface area contributed by atoms with Crippen LogP contribution in [0.5, 0.6) is 0 Å². The SMILES string of the molecule is CCCCCCCCCCCCCCCCCCCCCCCC(=O)O[C@H](COC(=O)CCCCCCCCCCCCCCCCC(C)CC)COP(=O)(O)OC[C@@H](O)COP(=O)(O)OC[C@@H](COC(=O)CCCCCCCCCCCCCC)OC(=O)CCCCCCCCCCCCC(C)CC. The number of aliphatic hydroxyl groups excluding tert-OH is 1. The highest BCUT2D eigenvalue weighted by Gasteiger charge is 2.30. The van der Waals surface area contributed by atoms with Crippen LogP contribution in [0.2, 0.25) is 0 Å². The molecule has 0 aliphatic heterocycles. The number of carbonyl (C=O) groups excluding carboxylic acids is 4. The number of hydrogen-bond acceptors (Lipinski definition) is 15. The molecule has 0 radical (unpaired) electrons. The zero-order chi connectivity index (χ0) is 77.1. The lowest BCUT2D eigenvalue weighted by atomic mass is 9.99. The molecule has 0 rings (SSSR count). The van der Waals surface area contributed by atoms with Crippen LogP contribution in [0.1, 0.15) is 459 Å². The Kier molecular flexibility index (Phi) is 76.0. The predicted molar refractivity (Wildman–Crippen MR) is 432 cm³/mol. The Hall–Kier alpha value is -1.94. The summed E-state index contributed by atoms with van der Waals surface area (Å²) < 4.78 is 68.9. The lowest BCUT2D eigenvalue weighted by Gasteiger charge is -2.21. The molecule has 0 aromatic carbocycles. The maximum atomic E-state index is 13.2. The highest BCUT2D eigenvalue weighted by molar-refractivity contribution is 7.47. The first-order valence-corrected chi connectivity index (χ1v) is 47.6. The van der Waals surface area contributed by atoms with Crippen molar-refractivity contribution in [3.8, 4) is 0 Å². The quantitative estimate of drug-likeness (QED) is 0.0222. The lowest BCUT2D eigenvalue weighted by Crippen LogP contribution is -2.30. The van der Waals surface area contributed by atoms with Gasteiger partial charge in [-0.3, -0.25) is 37.3 Å². The monoisotopic (exact) mass is 1540 g/mol. The van der Waals surface area contributed by atoms with E-state index in [0.717, 1.165) is 102 Å². The molecule has 0 spiro atoms. The number of unbranched alkanes of at least 4 members (excludes halogenated alkanes) is 53. The number of phosphoric acid groups is 2. The van der Waals surface area contributed by atoms with Crippen molar-refractivity contribution in [2.45, 2.75) is 477 Å². The van der Waals surface area contributed by atoms with Crippen molar-refractivity contribution in [3.63, 3.8) is 0 Å². The van der Waals surface area contributed by atoms with E-state index < -0.39 is 97.5 Å². The van der Waals surface area contributed by atoms with Gasteiger partial charge in [-0.2, -0.15) is 0 Å². The van der Waals surface area contributed by atoms with Crippen molar-refractivity contribution in [1.29, 1.82) is 0 Å². The van der Waals surface area contributed by atoms with Gasteiger partial charge in [0.05, 0.1) is 26.4 Å². The number of carbonyl (C=O) groups is 4. The summed E-state index contributed by atoms with van der Waals surface area (Å²) >= 11 is 0. The van der Waals surface area contributed by atoms with E-state index in [4.69, 9.17) is 37.0 Å². The zero-order valence-corrected chi connectivity index (χ0v) is 70.8. The van der Waals surface area contributed by atoms with Crippen molar-refractivity contribution in [3.05, 3.63) is 0 Å². The van der Waals surface area contributed by atoms with Gasteiger partial charge in [0.1, 0.15) is 19.3 Å². The molecule has 0 aromatic rings. The molecule has 105 heavy (non-hydrogen) atoms. The van der Waals surface area contributed by atoms with Crippen LogP contribution < -0.4 is 0 Å². The Morgan fingerprint density at radius 1 is 0.267 bits per heavy atom. The van der Waals surface area contributed by atoms with Crippen molar-refractivity contribution in [2.75, 3.05) is 39.6 Å². The summed E-state index contributed by atoms with van der Waals surface area (Å²) in [4.78, 5) is 73.2. The van der Waals surface area contributed by atoms with E-state index in [1.807, 2.05) is 0 Å². The number of hydrogen-bond donors (Lipinski definition) is 3. The Balaban J connectivity index is 5.25. The molecule has 19 heteroatoms. The summed E-state index contributed by atoms with van der Waals surface area (Å²) in [5.74, 6) is -0.448. The maximum Gasteiger partial charge on any atom is 0.472 e. The first kappa shape index (κ1) is 103. The maximum absolute atomic E-state index is 13.2. The Morgan fingerprint density at radius 2 is 0.457 bits per heavy atom. The third kappa shape index (κ3) is 77.2. The molecular formula is C86H168O17P2. The molecule has 624 valence electrons. The van der Waals surface area contributed by atoms with Crippen LogP contribution in [-0.2, 0) is 65.4 Å². The number of aliphatic hydroxyl groups is 1. The van der Waals surface area contributed by atoms with E-state index in [1.54, 1.807) is 0 Å². The molecule has 0 aliphatic carbocycles.